The highest BCUT2D eigenvalue weighted by Gasteiger charge is 2.13. The minimum atomic E-state index is -0.890. The maximum absolute atomic E-state index is 13.5. The summed E-state index contributed by atoms with van der Waals surface area (Å²) in [5.74, 6) is -1.34. The predicted molar refractivity (Wildman–Crippen MR) is 50.8 cm³/mol. The average molecular weight is 206 g/mol. The fourth-order valence-electron chi connectivity index (χ4n) is 1.09. The van der Waals surface area contributed by atoms with Gasteiger partial charge in [-0.2, -0.15) is 5.26 Å². The zero-order valence-electron chi connectivity index (χ0n) is 7.87. The van der Waals surface area contributed by atoms with Crippen LogP contribution in [-0.2, 0) is 4.79 Å². The Labute approximate surface area is 85.3 Å². The summed E-state index contributed by atoms with van der Waals surface area (Å²) in [5, 5.41) is 10.8. The van der Waals surface area contributed by atoms with Crippen molar-refractivity contribution in [1.29, 1.82) is 5.26 Å². The highest BCUT2D eigenvalue weighted by molar-refractivity contribution is 5.91. The van der Waals surface area contributed by atoms with Gasteiger partial charge in [-0.1, -0.05) is 0 Å². The van der Waals surface area contributed by atoms with E-state index in [0.717, 1.165) is 0 Å². The van der Waals surface area contributed by atoms with Crippen LogP contribution in [-0.4, -0.2) is 12.2 Å². The zero-order valence-corrected chi connectivity index (χ0v) is 7.87. The molecule has 0 saturated carbocycles. The van der Waals surface area contributed by atoms with Crippen LogP contribution >= 0.6 is 0 Å². The Morgan fingerprint density at radius 3 is 2.73 bits per heavy atom. The molecule has 0 aliphatic heterocycles. The minimum absolute atomic E-state index is 0.0587. The van der Waals surface area contributed by atoms with Crippen molar-refractivity contribution < 1.29 is 14.0 Å². The van der Waals surface area contributed by atoms with Gasteiger partial charge in [0.05, 0.1) is 22.9 Å². The molecule has 0 fully saturated rings. The first-order chi connectivity index (χ1) is 7.10. The number of carbonyl (C=O) groups excluding carboxylic acids is 2. The molecule has 5 heteroatoms. The smallest absolute Gasteiger partial charge is 0.221 e. The second-order valence-corrected chi connectivity index (χ2v) is 2.80. The molecule has 0 unspecified atom stereocenters. The van der Waals surface area contributed by atoms with Crippen molar-refractivity contribution in [3.8, 4) is 6.07 Å². The predicted octanol–water partition coefficient (Wildman–Crippen LogP) is 1.47. The van der Waals surface area contributed by atoms with Crippen LogP contribution in [0.2, 0.25) is 0 Å². The Balaban J connectivity index is 3.30. The Morgan fingerprint density at radius 2 is 2.27 bits per heavy atom. The summed E-state index contributed by atoms with van der Waals surface area (Å²) in [4.78, 5) is 21.2. The minimum Gasteiger partial charge on any atom is -0.324 e. The van der Waals surface area contributed by atoms with Gasteiger partial charge in [-0.15, -0.1) is 0 Å². The molecule has 0 aromatic heterocycles. The topological polar surface area (TPSA) is 70.0 Å². The van der Waals surface area contributed by atoms with Crippen molar-refractivity contribution in [3.63, 3.8) is 0 Å². The number of amides is 1. The Hall–Kier alpha value is -2.22. The number of hydrogen-bond acceptors (Lipinski definition) is 3. The van der Waals surface area contributed by atoms with Gasteiger partial charge in [0, 0.05) is 6.92 Å². The molecule has 0 bridgehead atoms. The van der Waals surface area contributed by atoms with Crippen LogP contribution in [0.15, 0.2) is 12.1 Å². The first kappa shape index (κ1) is 10.9. The number of hydrogen-bond donors (Lipinski definition) is 1. The van der Waals surface area contributed by atoms with Crippen molar-refractivity contribution >= 4 is 17.9 Å². The quantitative estimate of drug-likeness (QED) is 0.745. The molecule has 1 rings (SSSR count). The van der Waals surface area contributed by atoms with Crippen molar-refractivity contribution in [1.82, 2.24) is 0 Å². The molecule has 1 N–H and O–H groups in total. The number of nitriles is 1. The lowest BCUT2D eigenvalue weighted by Gasteiger charge is -2.05. The van der Waals surface area contributed by atoms with Crippen LogP contribution in [0, 0.1) is 17.1 Å². The van der Waals surface area contributed by atoms with Gasteiger partial charge in [-0.05, 0) is 12.1 Å². The maximum Gasteiger partial charge on any atom is 0.221 e. The summed E-state index contributed by atoms with van der Waals surface area (Å²) in [6, 6.07) is 4.20. The maximum atomic E-state index is 13.5. The molecule has 0 aliphatic rings. The Kier molecular flexibility index (Phi) is 3.13. The fraction of sp³-hybridized carbons (Fsp3) is 0.100. The molecular formula is C10H7FN2O2. The van der Waals surface area contributed by atoms with Gasteiger partial charge in [0.25, 0.3) is 0 Å². The molecule has 0 atom stereocenters. The highest BCUT2D eigenvalue weighted by atomic mass is 19.1. The fourth-order valence-corrected chi connectivity index (χ4v) is 1.09. The van der Waals surface area contributed by atoms with E-state index in [4.69, 9.17) is 5.26 Å². The second kappa shape index (κ2) is 4.33. The number of benzene rings is 1. The number of aldehydes is 1. The van der Waals surface area contributed by atoms with Crippen LogP contribution in [0.25, 0.3) is 0 Å². The van der Waals surface area contributed by atoms with Crippen LogP contribution in [0.5, 0.6) is 0 Å². The average Bonchev–Trinajstić information content (AvgIpc) is 2.20. The van der Waals surface area contributed by atoms with E-state index >= 15 is 0 Å². The van der Waals surface area contributed by atoms with E-state index < -0.39 is 11.7 Å². The number of carbonyl (C=O) groups is 2. The first-order valence-electron chi connectivity index (χ1n) is 4.05. The lowest BCUT2D eigenvalue weighted by Crippen LogP contribution is -2.09. The van der Waals surface area contributed by atoms with Crippen LogP contribution < -0.4 is 5.32 Å². The molecule has 76 valence electrons. The van der Waals surface area contributed by atoms with E-state index in [1.807, 2.05) is 0 Å². The van der Waals surface area contributed by atoms with Gasteiger partial charge in [-0.3, -0.25) is 9.59 Å². The van der Waals surface area contributed by atoms with Crippen molar-refractivity contribution in [2.45, 2.75) is 6.92 Å². The highest BCUT2D eigenvalue weighted by Crippen LogP contribution is 2.20. The van der Waals surface area contributed by atoms with Gasteiger partial charge < -0.3 is 5.32 Å². The third-order valence-corrected chi connectivity index (χ3v) is 1.73. The summed E-state index contributed by atoms with van der Waals surface area (Å²) < 4.78 is 13.5. The molecule has 1 aromatic rings. The Morgan fingerprint density at radius 1 is 1.60 bits per heavy atom. The van der Waals surface area contributed by atoms with E-state index in [2.05, 4.69) is 5.32 Å². The van der Waals surface area contributed by atoms with Crippen LogP contribution in [0.4, 0.5) is 10.1 Å². The van der Waals surface area contributed by atoms with Crippen LogP contribution in [0.1, 0.15) is 22.8 Å². The number of nitrogens with zero attached hydrogens (tertiary/aromatic N) is 1. The summed E-state index contributed by atoms with van der Waals surface area (Å²) in [5.41, 5.74) is -0.510. The van der Waals surface area contributed by atoms with Gasteiger partial charge in [0.15, 0.2) is 12.1 Å². The molecule has 0 heterocycles. The monoisotopic (exact) mass is 206 g/mol. The molecule has 1 aromatic carbocycles. The number of halogens is 1. The van der Waals surface area contributed by atoms with Gasteiger partial charge >= 0.3 is 0 Å². The molecule has 4 nitrogen and oxygen atoms in total. The van der Waals surface area contributed by atoms with E-state index in [0.29, 0.717) is 0 Å². The van der Waals surface area contributed by atoms with E-state index in [1.54, 1.807) is 6.07 Å². The summed E-state index contributed by atoms with van der Waals surface area (Å²) >= 11 is 0. The molecule has 0 saturated heterocycles. The lowest BCUT2D eigenvalue weighted by molar-refractivity contribution is -0.114. The zero-order chi connectivity index (χ0) is 11.4. The van der Waals surface area contributed by atoms with Crippen LogP contribution in [0.3, 0.4) is 0 Å². The second-order valence-electron chi connectivity index (χ2n) is 2.80. The first-order valence-corrected chi connectivity index (χ1v) is 4.05. The van der Waals surface area contributed by atoms with Gasteiger partial charge in [0.1, 0.15) is 0 Å². The molecule has 0 spiro atoms. The molecule has 1 amide bonds. The van der Waals surface area contributed by atoms with E-state index in [1.165, 1.54) is 19.1 Å². The Bertz CT molecular complexity index is 463. The van der Waals surface area contributed by atoms with E-state index in [9.17, 15) is 14.0 Å². The molecule has 0 radical (unpaired) electrons. The molecular weight excluding hydrogens is 199 g/mol. The third-order valence-electron chi connectivity index (χ3n) is 1.73. The number of anilines is 1. The van der Waals surface area contributed by atoms with Crippen molar-refractivity contribution in [3.05, 3.63) is 29.1 Å². The lowest BCUT2D eigenvalue weighted by atomic mass is 10.1. The standard InChI is InChI=1S/C10H7FN2O2/c1-6(15)13-9-3-2-7(4-12)8(5-14)10(9)11/h2-3,5H,1H3,(H,13,15). The third kappa shape index (κ3) is 2.17. The molecule has 15 heavy (non-hydrogen) atoms. The van der Waals surface area contributed by atoms with Gasteiger partial charge in [0.2, 0.25) is 5.91 Å². The van der Waals surface area contributed by atoms with E-state index in [-0.39, 0.29) is 23.1 Å². The number of rotatable bonds is 2. The van der Waals surface area contributed by atoms with Crippen molar-refractivity contribution in [2.24, 2.45) is 0 Å². The summed E-state index contributed by atoms with van der Waals surface area (Å²) in [7, 11) is 0. The van der Waals surface area contributed by atoms with Crippen molar-refractivity contribution in [2.75, 3.05) is 5.32 Å². The normalized spacial score (nSPS) is 9.13. The largest absolute Gasteiger partial charge is 0.324 e. The number of nitrogens with one attached hydrogen (secondary N) is 1. The molecule has 0 aliphatic carbocycles. The SMILES string of the molecule is CC(=O)Nc1ccc(C#N)c(C=O)c1F. The summed E-state index contributed by atoms with van der Waals surface area (Å²) in [6.07, 6.45) is 0.249. The van der Waals surface area contributed by atoms with Gasteiger partial charge in [-0.25, -0.2) is 4.39 Å². The summed E-state index contributed by atoms with van der Waals surface area (Å²) in [6.45, 7) is 1.22.